The van der Waals surface area contributed by atoms with Gasteiger partial charge in [0.15, 0.2) is 0 Å². The molecule has 2 rings (SSSR count). The fourth-order valence-corrected chi connectivity index (χ4v) is 2.00. The second-order valence-electron chi connectivity index (χ2n) is 4.20. The minimum absolute atomic E-state index is 0.363. The molecule has 1 aromatic carbocycles. The molecule has 1 saturated heterocycles. The maximum absolute atomic E-state index is 5.95. The van der Waals surface area contributed by atoms with Crippen LogP contribution in [-0.2, 0) is 0 Å². The summed E-state index contributed by atoms with van der Waals surface area (Å²) in [7, 11) is 0. The minimum atomic E-state index is 0.363. The zero-order chi connectivity index (χ0) is 9.97. The zero-order valence-corrected chi connectivity index (χ0v) is 8.66. The Kier molecular flexibility index (Phi) is 2.85. The van der Waals surface area contributed by atoms with Crippen LogP contribution in [0.5, 0.6) is 0 Å². The molecule has 3 N–H and O–H groups in total. The molecule has 0 saturated carbocycles. The van der Waals surface area contributed by atoms with E-state index < -0.39 is 0 Å². The van der Waals surface area contributed by atoms with Crippen molar-refractivity contribution in [3.63, 3.8) is 0 Å². The molecule has 0 amide bonds. The summed E-state index contributed by atoms with van der Waals surface area (Å²) in [6.45, 7) is 3.16. The quantitative estimate of drug-likeness (QED) is 0.708. The van der Waals surface area contributed by atoms with E-state index in [4.69, 9.17) is 5.73 Å². The number of nitrogens with one attached hydrogen (secondary N) is 1. The van der Waals surface area contributed by atoms with Crippen molar-refractivity contribution in [1.29, 1.82) is 0 Å². The highest BCUT2D eigenvalue weighted by atomic mass is 14.9. The van der Waals surface area contributed by atoms with E-state index in [1.54, 1.807) is 0 Å². The normalized spacial score (nSPS) is 27.6. The highest BCUT2D eigenvalue weighted by Crippen LogP contribution is 2.22. The van der Waals surface area contributed by atoms with Gasteiger partial charge in [0.25, 0.3) is 0 Å². The second kappa shape index (κ2) is 4.11. The number of rotatable bonds is 1. The van der Waals surface area contributed by atoms with Gasteiger partial charge in [0, 0.05) is 12.1 Å². The Morgan fingerprint density at radius 2 is 2.00 bits per heavy atom. The van der Waals surface area contributed by atoms with E-state index in [0.717, 1.165) is 19.4 Å². The van der Waals surface area contributed by atoms with Crippen LogP contribution in [0.1, 0.15) is 30.0 Å². The van der Waals surface area contributed by atoms with Crippen LogP contribution in [-0.4, -0.2) is 12.6 Å². The SMILES string of the molecule is Cc1ccc(C2CC(N)CCN2)cc1. The lowest BCUT2D eigenvalue weighted by Gasteiger charge is -2.28. The molecule has 14 heavy (non-hydrogen) atoms. The maximum atomic E-state index is 5.95. The van der Waals surface area contributed by atoms with Crippen molar-refractivity contribution in [2.24, 2.45) is 5.73 Å². The van der Waals surface area contributed by atoms with Crippen molar-refractivity contribution in [2.45, 2.75) is 31.8 Å². The molecule has 1 aliphatic rings. The molecule has 76 valence electrons. The smallest absolute Gasteiger partial charge is 0.0334 e. The average Bonchev–Trinajstić information content (AvgIpc) is 2.19. The van der Waals surface area contributed by atoms with Crippen molar-refractivity contribution in [3.8, 4) is 0 Å². The molecule has 0 radical (unpaired) electrons. The van der Waals surface area contributed by atoms with E-state index in [9.17, 15) is 0 Å². The van der Waals surface area contributed by atoms with Crippen LogP contribution >= 0.6 is 0 Å². The van der Waals surface area contributed by atoms with E-state index in [1.807, 2.05) is 0 Å². The van der Waals surface area contributed by atoms with E-state index in [-0.39, 0.29) is 0 Å². The third-order valence-electron chi connectivity index (χ3n) is 2.92. The molecule has 2 atom stereocenters. The van der Waals surface area contributed by atoms with Gasteiger partial charge in [-0.05, 0) is 31.9 Å². The maximum Gasteiger partial charge on any atom is 0.0334 e. The average molecular weight is 190 g/mol. The number of piperidine rings is 1. The molecular weight excluding hydrogens is 172 g/mol. The minimum Gasteiger partial charge on any atom is -0.328 e. The van der Waals surface area contributed by atoms with E-state index in [2.05, 4.69) is 36.5 Å². The predicted octanol–water partition coefficient (Wildman–Crippen LogP) is 1.75. The van der Waals surface area contributed by atoms with Crippen molar-refractivity contribution < 1.29 is 0 Å². The Hall–Kier alpha value is -0.860. The van der Waals surface area contributed by atoms with Gasteiger partial charge >= 0.3 is 0 Å². The molecular formula is C12H18N2. The summed E-state index contributed by atoms with van der Waals surface area (Å²) in [6, 6.07) is 9.55. The lowest BCUT2D eigenvalue weighted by Crippen LogP contribution is -2.38. The predicted molar refractivity (Wildman–Crippen MR) is 59.1 cm³/mol. The van der Waals surface area contributed by atoms with Crippen LogP contribution in [0, 0.1) is 6.92 Å². The Morgan fingerprint density at radius 3 is 2.64 bits per heavy atom. The standard InChI is InChI=1S/C12H18N2/c1-9-2-4-10(5-3-9)12-8-11(13)6-7-14-12/h2-5,11-12,14H,6-8,13H2,1H3. The first-order valence-corrected chi connectivity index (χ1v) is 5.31. The molecule has 0 aromatic heterocycles. The number of aryl methyl sites for hydroxylation is 1. The van der Waals surface area contributed by atoms with Crippen LogP contribution in [0.4, 0.5) is 0 Å². The van der Waals surface area contributed by atoms with Gasteiger partial charge in [-0.3, -0.25) is 0 Å². The summed E-state index contributed by atoms with van der Waals surface area (Å²) < 4.78 is 0. The van der Waals surface area contributed by atoms with E-state index in [1.165, 1.54) is 11.1 Å². The highest BCUT2D eigenvalue weighted by molar-refractivity contribution is 5.24. The summed E-state index contributed by atoms with van der Waals surface area (Å²) in [4.78, 5) is 0. The Morgan fingerprint density at radius 1 is 1.29 bits per heavy atom. The Bertz CT molecular complexity index is 292. The molecule has 0 aliphatic carbocycles. The van der Waals surface area contributed by atoms with Crippen LogP contribution in [0.25, 0.3) is 0 Å². The summed E-state index contributed by atoms with van der Waals surface area (Å²) in [6.07, 6.45) is 2.16. The zero-order valence-electron chi connectivity index (χ0n) is 8.66. The molecule has 1 aromatic rings. The van der Waals surface area contributed by atoms with Gasteiger partial charge in [0.2, 0.25) is 0 Å². The van der Waals surface area contributed by atoms with E-state index in [0.29, 0.717) is 12.1 Å². The Balaban J connectivity index is 2.10. The molecule has 2 nitrogen and oxygen atoms in total. The van der Waals surface area contributed by atoms with Crippen molar-refractivity contribution in [1.82, 2.24) is 5.32 Å². The molecule has 1 aliphatic heterocycles. The first-order valence-electron chi connectivity index (χ1n) is 5.31. The third-order valence-corrected chi connectivity index (χ3v) is 2.92. The number of benzene rings is 1. The molecule has 1 heterocycles. The highest BCUT2D eigenvalue weighted by Gasteiger charge is 2.19. The van der Waals surface area contributed by atoms with Crippen molar-refractivity contribution in [3.05, 3.63) is 35.4 Å². The molecule has 1 fully saturated rings. The second-order valence-corrected chi connectivity index (χ2v) is 4.20. The fourth-order valence-electron chi connectivity index (χ4n) is 2.00. The first-order chi connectivity index (χ1) is 6.75. The van der Waals surface area contributed by atoms with Crippen molar-refractivity contribution >= 4 is 0 Å². The largest absolute Gasteiger partial charge is 0.328 e. The van der Waals surface area contributed by atoms with Gasteiger partial charge in [-0.15, -0.1) is 0 Å². The van der Waals surface area contributed by atoms with Gasteiger partial charge < -0.3 is 11.1 Å². The van der Waals surface area contributed by atoms with Gasteiger partial charge in [-0.1, -0.05) is 29.8 Å². The van der Waals surface area contributed by atoms with Crippen LogP contribution < -0.4 is 11.1 Å². The van der Waals surface area contributed by atoms with Gasteiger partial charge in [0.05, 0.1) is 0 Å². The third kappa shape index (κ3) is 2.14. The fraction of sp³-hybridized carbons (Fsp3) is 0.500. The number of hydrogen-bond donors (Lipinski definition) is 2. The molecule has 0 bridgehead atoms. The topological polar surface area (TPSA) is 38.0 Å². The first kappa shape index (κ1) is 9.69. The van der Waals surface area contributed by atoms with Crippen LogP contribution in [0.3, 0.4) is 0 Å². The monoisotopic (exact) mass is 190 g/mol. The van der Waals surface area contributed by atoms with Crippen LogP contribution in [0.2, 0.25) is 0 Å². The summed E-state index contributed by atoms with van der Waals surface area (Å²) in [5, 5.41) is 3.51. The molecule has 0 spiro atoms. The molecule has 2 heteroatoms. The van der Waals surface area contributed by atoms with Crippen LogP contribution in [0.15, 0.2) is 24.3 Å². The van der Waals surface area contributed by atoms with Gasteiger partial charge in [0.1, 0.15) is 0 Å². The number of hydrogen-bond acceptors (Lipinski definition) is 2. The Labute approximate surface area is 85.5 Å². The number of nitrogens with two attached hydrogens (primary N) is 1. The summed E-state index contributed by atoms with van der Waals surface area (Å²) in [5.74, 6) is 0. The lowest BCUT2D eigenvalue weighted by atomic mass is 9.94. The lowest BCUT2D eigenvalue weighted by molar-refractivity contribution is 0.369. The summed E-state index contributed by atoms with van der Waals surface area (Å²) >= 11 is 0. The molecule has 2 unspecified atom stereocenters. The summed E-state index contributed by atoms with van der Waals surface area (Å²) in [5.41, 5.74) is 8.63. The van der Waals surface area contributed by atoms with Crippen molar-refractivity contribution in [2.75, 3.05) is 6.54 Å². The van der Waals surface area contributed by atoms with Gasteiger partial charge in [-0.2, -0.15) is 0 Å². The van der Waals surface area contributed by atoms with Gasteiger partial charge in [-0.25, -0.2) is 0 Å². The van der Waals surface area contributed by atoms with E-state index >= 15 is 0 Å².